The van der Waals surface area contributed by atoms with Crippen molar-refractivity contribution in [1.82, 2.24) is 13.9 Å². The van der Waals surface area contributed by atoms with E-state index < -0.39 is 32.2 Å². The molecule has 0 amide bonds. The minimum absolute atomic E-state index is 0.413. The van der Waals surface area contributed by atoms with Gasteiger partial charge in [-0.05, 0) is 18.6 Å². The fraction of sp³-hybridized carbons (Fsp3) is 0.286. The number of rotatable bonds is 4. The highest BCUT2D eigenvalue weighted by molar-refractivity contribution is 7.89. The van der Waals surface area contributed by atoms with Crippen LogP contribution >= 0.6 is 11.6 Å². The van der Waals surface area contributed by atoms with Crippen LogP contribution in [0.1, 0.15) is 18.5 Å². The monoisotopic (exact) mass is 357 g/mol. The lowest BCUT2D eigenvalue weighted by Gasteiger charge is -2.16. The molecule has 1 heterocycles. The molecule has 23 heavy (non-hydrogen) atoms. The highest BCUT2D eigenvalue weighted by atomic mass is 35.5. The number of aryl methyl sites for hydroxylation is 1. The molecule has 1 N–H and O–H groups in total. The summed E-state index contributed by atoms with van der Waals surface area (Å²) in [6.07, 6.45) is 1.01. The fourth-order valence-electron chi connectivity index (χ4n) is 2.15. The molecule has 2 aromatic rings. The van der Waals surface area contributed by atoms with Crippen molar-refractivity contribution in [1.29, 1.82) is 0 Å². The normalized spacial score (nSPS) is 13.0. The minimum atomic E-state index is -4.12. The Morgan fingerprint density at radius 2 is 1.78 bits per heavy atom. The van der Waals surface area contributed by atoms with E-state index in [0.717, 1.165) is 15.3 Å². The van der Waals surface area contributed by atoms with Crippen LogP contribution in [0.4, 0.5) is 0 Å². The van der Waals surface area contributed by atoms with Crippen LogP contribution in [0.2, 0.25) is 5.02 Å². The van der Waals surface area contributed by atoms with E-state index in [-0.39, 0.29) is 0 Å². The van der Waals surface area contributed by atoms with Gasteiger partial charge in [0.1, 0.15) is 0 Å². The largest absolute Gasteiger partial charge is 0.330 e. The minimum Gasteiger partial charge on any atom is -0.302 e. The molecule has 0 saturated carbocycles. The van der Waals surface area contributed by atoms with Gasteiger partial charge >= 0.3 is 5.69 Å². The Hall–Kier alpha value is -1.90. The Labute approximate surface area is 138 Å². The van der Waals surface area contributed by atoms with E-state index in [0.29, 0.717) is 10.6 Å². The lowest BCUT2D eigenvalue weighted by Crippen LogP contribution is -2.41. The first-order chi connectivity index (χ1) is 10.6. The van der Waals surface area contributed by atoms with Crippen LogP contribution in [0.5, 0.6) is 0 Å². The summed E-state index contributed by atoms with van der Waals surface area (Å²) in [6, 6.07) is 6.16. The van der Waals surface area contributed by atoms with E-state index in [1.165, 1.54) is 14.1 Å². The average Bonchev–Trinajstić information content (AvgIpc) is 2.48. The second-order valence-corrected chi connectivity index (χ2v) is 7.21. The standard InChI is InChI=1S/C14H16ClN3O4S/c1-9(10-6-4-5-7-11(10)15)16-23(21,22)12-8-17(2)14(20)18(3)13(12)19/h4-9,16H,1-3H3/t9-/m0/s1. The Morgan fingerprint density at radius 1 is 1.17 bits per heavy atom. The first-order valence-corrected chi connectivity index (χ1v) is 8.54. The quantitative estimate of drug-likeness (QED) is 0.875. The molecule has 0 spiro atoms. The van der Waals surface area contributed by atoms with Crippen molar-refractivity contribution >= 4 is 21.6 Å². The molecule has 0 aliphatic carbocycles. The molecule has 0 bridgehead atoms. The molecule has 2 rings (SSSR count). The summed E-state index contributed by atoms with van der Waals surface area (Å²) in [7, 11) is -1.52. The Balaban J connectivity index is 2.47. The van der Waals surface area contributed by atoms with Gasteiger partial charge in [0.2, 0.25) is 10.0 Å². The number of aromatic nitrogens is 2. The Morgan fingerprint density at radius 3 is 2.39 bits per heavy atom. The number of benzene rings is 1. The van der Waals surface area contributed by atoms with Gasteiger partial charge in [0.25, 0.3) is 5.56 Å². The summed E-state index contributed by atoms with van der Waals surface area (Å²) < 4.78 is 29.1. The summed E-state index contributed by atoms with van der Waals surface area (Å²) in [5.74, 6) is 0. The Kier molecular flexibility index (Phi) is 4.79. The second kappa shape index (κ2) is 6.31. The molecule has 124 valence electrons. The zero-order valence-corrected chi connectivity index (χ0v) is 14.4. The first-order valence-electron chi connectivity index (χ1n) is 6.68. The smallest absolute Gasteiger partial charge is 0.302 e. The molecule has 1 atom stereocenters. The van der Waals surface area contributed by atoms with E-state index in [4.69, 9.17) is 11.6 Å². The molecule has 0 radical (unpaired) electrons. The maximum Gasteiger partial charge on any atom is 0.330 e. The fourth-order valence-corrected chi connectivity index (χ4v) is 3.83. The number of sulfonamides is 1. The van der Waals surface area contributed by atoms with Gasteiger partial charge < -0.3 is 4.57 Å². The van der Waals surface area contributed by atoms with E-state index in [2.05, 4.69) is 4.72 Å². The van der Waals surface area contributed by atoms with Crippen LogP contribution in [-0.4, -0.2) is 17.6 Å². The van der Waals surface area contributed by atoms with Crippen LogP contribution in [0.25, 0.3) is 0 Å². The second-order valence-electron chi connectivity index (χ2n) is 5.12. The van der Waals surface area contributed by atoms with Crippen molar-refractivity contribution in [3.8, 4) is 0 Å². The zero-order chi connectivity index (χ0) is 17.4. The summed E-state index contributed by atoms with van der Waals surface area (Å²) in [6.45, 7) is 1.62. The van der Waals surface area contributed by atoms with Crippen LogP contribution < -0.4 is 16.0 Å². The molecule has 9 heteroatoms. The first kappa shape index (κ1) is 17.5. The van der Waals surface area contributed by atoms with Crippen molar-refractivity contribution in [3.05, 3.63) is 61.9 Å². The van der Waals surface area contributed by atoms with E-state index in [1.807, 2.05) is 0 Å². The van der Waals surface area contributed by atoms with Crippen LogP contribution in [0.3, 0.4) is 0 Å². The summed E-state index contributed by atoms with van der Waals surface area (Å²) in [4.78, 5) is 23.2. The number of nitrogens with one attached hydrogen (secondary N) is 1. The van der Waals surface area contributed by atoms with Crippen molar-refractivity contribution < 1.29 is 8.42 Å². The van der Waals surface area contributed by atoms with Crippen molar-refractivity contribution in [3.63, 3.8) is 0 Å². The molecule has 1 aromatic carbocycles. The molecule has 0 aliphatic heterocycles. The van der Waals surface area contributed by atoms with Gasteiger partial charge in [-0.15, -0.1) is 0 Å². The SMILES string of the molecule is C[C@H](NS(=O)(=O)c1cn(C)c(=O)n(C)c1=O)c1ccccc1Cl. The average molecular weight is 358 g/mol. The lowest BCUT2D eigenvalue weighted by molar-refractivity contribution is 0.557. The molecule has 0 aliphatic rings. The predicted molar refractivity (Wildman–Crippen MR) is 87.1 cm³/mol. The van der Waals surface area contributed by atoms with Gasteiger partial charge in [-0.1, -0.05) is 29.8 Å². The summed E-state index contributed by atoms with van der Waals surface area (Å²) >= 11 is 6.05. The molecule has 1 aromatic heterocycles. The van der Waals surface area contributed by atoms with Crippen molar-refractivity contribution in [2.45, 2.75) is 17.9 Å². The van der Waals surface area contributed by atoms with E-state index in [1.54, 1.807) is 31.2 Å². The highest BCUT2D eigenvalue weighted by Gasteiger charge is 2.24. The highest BCUT2D eigenvalue weighted by Crippen LogP contribution is 2.23. The third kappa shape index (κ3) is 3.39. The van der Waals surface area contributed by atoms with E-state index >= 15 is 0 Å². The Bertz CT molecular complexity index is 963. The third-order valence-corrected chi connectivity index (χ3v) is 5.28. The molecular weight excluding hydrogens is 342 g/mol. The van der Waals surface area contributed by atoms with Gasteiger partial charge in [0.15, 0.2) is 4.90 Å². The topological polar surface area (TPSA) is 90.2 Å². The number of hydrogen-bond acceptors (Lipinski definition) is 4. The van der Waals surface area contributed by atoms with E-state index in [9.17, 15) is 18.0 Å². The van der Waals surface area contributed by atoms with Crippen LogP contribution in [0.15, 0.2) is 44.9 Å². The zero-order valence-electron chi connectivity index (χ0n) is 12.8. The van der Waals surface area contributed by atoms with Gasteiger partial charge in [0, 0.05) is 31.4 Å². The number of hydrogen-bond donors (Lipinski definition) is 1. The maximum absolute atomic E-state index is 12.5. The maximum atomic E-state index is 12.5. The molecule has 7 nitrogen and oxygen atoms in total. The number of halogens is 1. The lowest BCUT2D eigenvalue weighted by atomic mass is 10.1. The van der Waals surface area contributed by atoms with Crippen LogP contribution in [0, 0.1) is 0 Å². The summed E-state index contributed by atoms with van der Waals surface area (Å²) in [5.41, 5.74) is -0.903. The van der Waals surface area contributed by atoms with Gasteiger partial charge in [-0.25, -0.2) is 17.9 Å². The van der Waals surface area contributed by atoms with Gasteiger partial charge in [-0.2, -0.15) is 0 Å². The molecular formula is C14H16ClN3O4S. The van der Waals surface area contributed by atoms with Gasteiger partial charge in [0.05, 0.1) is 0 Å². The molecule has 0 saturated heterocycles. The number of nitrogens with zero attached hydrogens (tertiary/aromatic N) is 2. The molecule has 0 unspecified atom stereocenters. The van der Waals surface area contributed by atoms with Gasteiger partial charge in [-0.3, -0.25) is 9.36 Å². The van der Waals surface area contributed by atoms with Crippen LogP contribution in [-0.2, 0) is 24.1 Å². The molecule has 0 fully saturated rings. The predicted octanol–water partition coefficient (Wildman–Crippen LogP) is 0.777. The van der Waals surface area contributed by atoms with Crippen molar-refractivity contribution in [2.24, 2.45) is 14.1 Å². The van der Waals surface area contributed by atoms with Crippen molar-refractivity contribution in [2.75, 3.05) is 0 Å². The summed E-state index contributed by atoms with van der Waals surface area (Å²) in [5, 5.41) is 0.413. The third-order valence-electron chi connectivity index (χ3n) is 3.41.